The third kappa shape index (κ3) is 4.58. The minimum absolute atomic E-state index is 0.827. The molecule has 0 saturated heterocycles. The van der Waals surface area contributed by atoms with E-state index in [1.807, 2.05) is 0 Å². The van der Waals surface area contributed by atoms with Gasteiger partial charge in [0, 0.05) is 0 Å². The van der Waals surface area contributed by atoms with Crippen molar-refractivity contribution in [1.29, 1.82) is 0 Å². The van der Waals surface area contributed by atoms with E-state index in [0.717, 1.165) is 10.6 Å². The van der Waals surface area contributed by atoms with Crippen LogP contribution in [0.25, 0.3) is 11.1 Å². The maximum atomic E-state index is 14.8. The number of benzene rings is 4. The summed E-state index contributed by atoms with van der Waals surface area (Å²) >= 11 is 0. The van der Waals surface area contributed by atoms with Crippen LogP contribution in [0, 0.1) is 105 Å². The van der Waals surface area contributed by atoms with Crippen molar-refractivity contribution in [2.24, 2.45) is 0 Å². The Kier molecular flexibility index (Phi) is 8.07. The molecule has 44 heavy (non-hydrogen) atoms. The van der Waals surface area contributed by atoms with E-state index in [1.165, 1.54) is 0 Å². The standard InChI is InChI=1S/C24H2F18N2/c25-3-1(4(26)14(36)21(13(3)35)43-23-17(39)9(31)7(29)10(32)18(23)40)2-5(27)15(37)22(16(38)6(2)28)44-24-19(41)11(33)8(30)12(34)20(24)42/h43-44H. The quantitative estimate of drug-likeness (QED) is 0.127. The normalized spacial score (nSPS) is 11.4. The van der Waals surface area contributed by atoms with Crippen LogP contribution in [0.1, 0.15) is 0 Å². The third-order valence-corrected chi connectivity index (χ3v) is 5.70. The van der Waals surface area contributed by atoms with Crippen molar-refractivity contribution in [3.8, 4) is 11.1 Å². The maximum absolute atomic E-state index is 14.8. The molecule has 0 aliphatic rings. The van der Waals surface area contributed by atoms with Crippen molar-refractivity contribution < 1.29 is 79.0 Å². The molecular formula is C24H2F18N2. The van der Waals surface area contributed by atoms with Crippen LogP contribution < -0.4 is 10.6 Å². The molecule has 0 bridgehead atoms. The van der Waals surface area contributed by atoms with Crippen molar-refractivity contribution >= 4 is 22.7 Å². The van der Waals surface area contributed by atoms with Crippen molar-refractivity contribution in [2.45, 2.75) is 0 Å². The molecule has 2 nitrogen and oxygen atoms in total. The fraction of sp³-hybridized carbons (Fsp3) is 0. The Balaban J connectivity index is 1.92. The predicted molar refractivity (Wildman–Crippen MR) is 111 cm³/mol. The van der Waals surface area contributed by atoms with Crippen molar-refractivity contribution in [2.75, 3.05) is 10.6 Å². The van der Waals surface area contributed by atoms with Crippen LogP contribution in [0.4, 0.5) is 102 Å². The van der Waals surface area contributed by atoms with Crippen LogP contribution in [0.5, 0.6) is 0 Å². The molecule has 0 aromatic heterocycles. The SMILES string of the molecule is Fc1c(F)c(F)c(Nc2c(F)c(F)c(-c3c(F)c(F)c(Nc4c(F)c(F)c(F)c(F)c4F)c(F)c3F)c(F)c2F)c(F)c1F. The number of hydrogen-bond donors (Lipinski definition) is 2. The second-order valence-electron chi connectivity index (χ2n) is 8.15. The molecule has 0 fully saturated rings. The van der Waals surface area contributed by atoms with E-state index in [4.69, 9.17) is 0 Å². The summed E-state index contributed by atoms with van der Waals surface area (Å²) in [6.45, 7) is 0. The zero-order chi connectivity index (χ0) is 33.3. The molecule has 0 amide bonds. The lowest BCUT2D eigenvalue weighted by Crippen LogP contribution is -2.14. The smallest absolute Gasteiger partial charge is 0.200 e. The second kappa shape index (κ2) is 11.1. The van der Waals surface area contributed by atoms with Gasteiger partial charge in [-0.25, -0.2) is 79.0 Å². The molecule has 0 radical (unpaired) electrons. The molecule has 4 rings (SSSR count). The van der Waals surface area contributed by atoms with E-state index >= 15 is 0 Å². The molecule has 4 aromatic carbocycles. The minimum atomic E-state index is -3.01. The third-order valence-electron chi connectivity index (χ3n) is 5.70. The Hall–Kier alpha value is -4.78. The molecule has 0 unspecified atom stereocenters. The number of halogens is 18. The Morgan fingerprint density at radius 1 is 0.182 bits per heavy atom. The maximum Gasteiger partial charge on any atom is 0.200 e. The van der Waals surface area contributed by atoms with Crippen LogP contribution in [0.2, 0.25) is 0 Å². The average molecular weight is 660 g/mol. The molecular weight excluding hydrogens is 658 g/mol. The van der Waals surface area contributed by atoms with Gasteiger partial charge in [-0.15, -0.1) is 0 Å². The first-order valence-electron chi connectivity index (χ1n) is 10.7. The van der Waals surface area contributed by atoms with E-state index in [0.29, 0.717) is 0 Å². The van der Waals surface area contributed by atoms with E-state index in [2.05, 4.69) is 0 Å². The molecule has 4 aromatic rings. The molecule has 0 aliphatic heterocycles. The van der Waals surface area contributed by atoms with Gasteiger partial charge in [0.2, 0.25) is 11.6 Å². The summed E-state index contributed by atoms with van der Waals surface area (Å²) in [6, 6.07) is 0. The van der Waals surface area contributed by atoms with Gasteiger partial charge < -0.3 is 10.6 Å². The predicted octanol–water partition coefficient (Wildman–Crippen LogP) is 9.34. The fourth-order valence-corrected chi connectivity index (χ4v) is 3.60. The summed E-state index contributed by atoms with van der Waals surface area (Å²) in [4.78, 5) is 0. The largest absolute Gasteiger partial charge is 0.346 e. The van der Waals surface area contributed by atoms with Crippen molar-refractivity contribution in [3.63, 3.8) is 0 Å². The lowest BCUT2D eigenvalue weighted by molar-refractivity contribution is 0.381. The lowest BCUT2D eigenvalue weighted by atomic mass is 9.99. The Morgan fingerprint density at radius 3 is 0.500 bits per heavy atom. The van der Waals surface area contributed by atoms with Crippen molar-refractivity contribution in [3.05, 3.63) is 105 Å². The summed E-state index contributed by atoms with van der Waals surface area (Å²) in [6.07, 6.45) is 0. The summed E-state index contributed by atoms with van der Waals surface area (Å²) in [7, 11) is 0. The highest BCUT2D eigenvalue weighted by atomic mass is 19.2. The zero-order valence-corrected chi connectivity index (χ0v) is 19.8. The Morgan fingerprint density at radius 2 is 0.318 bits per heavy atom. The number of nitrogens with one attached hydrogen (secondary N) is 2. The van der Waals surface area contributed by atoms with Gasteiger partial charge in [0.1, 0.15) is 22.7 Å². The zero-order valence-electron chi connectivity index (χ0n) is 19.8. The van der Waals surface area contributed by atoms with Crippen molar-refractivity contribution in [1.82, 2.24) is 0 Å². The van der Waals surface area contributed by atoms with Crippen LogP contribution >= 0.6 is 0 Å². The Bertz CT molecular complexity index is 1650. The van der Waals surface area contributed by atoms with E-state index in [1.54, 1.807) is 0 Å². The van der Waals surface area contributed by atoms with Gasteiger partial charge in [0.15, 0.2) is 93.1 Å². The van der Waals surface area contributed by atoms with E-state index < -0.39 is 139 Å². The van der Waals surface area contributed by atoms with Gasteiger partial charge in [-0.05, 0) is 0 Å². The molecule has 20 heteroatoms. The summed E-state index contributed by atoms with van der Waals surface area (Å²) in [5.41, 5.74) is -14.6. The first-order chi connectivity index (χ1) is 20.4. The monoisotopic (exact) mass is 660 g/mol. The molecule has 234 valence electrons. The molecule has 0 spiro atoms. The van der Waals surface area contributed by atoms with Gasteiger partial charge in [-0.3, -0.25) is 0 Å². The summed E-state index contributed by atoms with van der Waals surface area (Å²) in [5.74, 6) is -51.4. The topological polar surface area (TPSA) is 24.1 Å². The second-order valence-corrected chi connectivity index (χ2v) is 8.15. The van der Waals surface area contributed by atoms with Gasteiger partial charge in [-0.1, -0.05) is 0 Å². The molecule has 0 atom stereocenters. The van der Waals surface area contributed by atoms with Gasteiger partial charge in [0.05, 0.1) is 11.1 Å². The molecule has 0 heterocycles. The highest BCUT2D eigenvalue weighted by Gasteiger charge is 2.36. The summed E-state index contributed by atoms with van der Waals surface area (Å²) < 4.78 is 253. The average Bonchev–Trinajstić information content (AvgIpc) is 2.99. The first-order valence-corrected chi connectivity index (χ1v) is 10.7. The van der Waals surface area contributed by atoms with Crippen LogP contribution in [0.15, 0.2) is 0 Å². The molecule has 0 saturated carbocycles. The van der Waals surface area contributed by atoms with Gasteiger partial charge >= 0.3 is 0 Å². The van der Waals surface area contributed by atoms with Gasteiger partial charge in [-0.2, -0.15) is 0 Å². The summed E-state index contributed by atoms with van der Waals surface area (Å²) in [5, 5.41) is 1.65. The minimum Gasteiger partial charge on any atom is -0.346 e. The molecule has 0 aliphatic carbocycles. The van der Waals surface area contributed by atoms with Crippen LogP contribution in [-0.2, 0) is 0 Å². The van der Waals surface area contributed by atoms with E-state index in [-0.39, 0.29) is 0 Å². The Labute approximate surface area is 229 Å². The van der Waals surface area contributed by atoms with Crippen LogP contribution in [-0.4, -0.2) is 0 Å². The molecule has 2 N–H and O–H groups in total. The van der Waals surface area contributed by atoms with Gasteiger partial charge in [0.25, 0.3) is 0 Å². The van der Waals surface area contributed by atoms with E-state index in [9.17, 15) is 79.0 Å². The number of rotatable bonds is 5. The first kappa shape index (κ1) is 32.1. The highest BCUT2D eigenvalue weighted by Crippen LogP contribution is 2.43. The number of hydrogen-bond acceptors (Lipinski definition) is 2. The van der Waals surface area contributed by atoms with Crippen LogP contribution in [0.3, 0.4) is 0 Å². The number of anilines is 4. The highest BCUT2D eigenvalue weighted by molar-refractivity contribution is 5.75. The lowest BCUT2D eigenvalue weighted by Gasteiger charge is -2.18. The fourth-order valence-electron chi connectivity index (χ4n) is 3.60.